The normalized spacial score (nSPS) is 14.5. The zero-order chi connectivity index (χ0) is 14.7. The van der Waals surface area contributed by atoms with E-state index >= 15 is 0 Å². The Morgan fingerprint density at radius 2 is 1.86 bits per heavy atom. The maximum atomic E-state index is 12.1. The molecule has 0 radical (unpaired) electrons. The van der Waals surface area contributed by atoms with Gasteiger partial charge in [-0.3, -0.25) is 4.79 Å². The lowest BCUT2D eigenvalue weighted by Crippen LogP contribution is -2.28. The van der Waals surface area contributed by atoms with E-state index in [4.69, 9.17) is 0 Å². The van der Waals surface area contributed by atoms with Gasteiger partial charge in [0.15, 0.2) is 0 Å². The Bertz CT molecular complexity index is 633. The highest BCUT2D eigenvalue weighted by Crippen LogP contribution is 2.25. The van der Waals surface area contributed by atoms with Gasteiger partial charge in [-0.25, -0.2) is 0 Å². The van der Waals surface area contributed by atoms with Gasteiger partial charge >= 0.3 is 0 Å². The average molecular weight is 279 g/mol. The van der Waals surface area contributed by atoms with Crippen molar-refractivity contribution in [3.63, 3.8) is 0 Å². The quantitative estimate of drug-likeness (QED) is 0.910. The number of aryl methyl sites for hydroxylation is 2. The molecule has 21 heavy (non-hydrogen) atoms. The standard InChI is InChI=1S/C19H21NO/c1-14(17-11-10-16-8-5-9-18(16)13-17)20-19(21)12-15-6-3-2-4-7-15/h2-4,6-7,10-11,13-14H,5,8-9,12H2,1H3,(H,20,21). The maximum Gasteiger partial charge on any atom is 0.224 e. The van der Waals surface area contributed by atoms with Crippen molar-refractivity contribution in [2.45, 2.75) is 38.6 Å². The summed E-state index contributed by atoms with van der Waals surface area (Å²) in [5.74, 6) is 0.0780. The fraction of sp³-hybridized carbons (Fsp3) is 0.316. The highest BCUT2D eigenvalue weighted by atomic mass is 16.1. The van der Waals surface area contributed by atoms with Crippen LogP contribution in [0.4, 0.5) is 0 Å². The molecule has 2 aromatic rings. The third-order valence-electron chi connectivity index (χ3n) is 4.21. The van der Waals surface area contributed by atoms with Crippen molar-refractivity contribution < 1.29 is 4.79 Å². The molecule has 0 saturated carbocycles. The summed E-state index contributed by atoms with van der Waals surface area (Å²) in [6.45, 7) is 2.06. The molecule has 1 unspecified atom stereocenters. The molecule has 2 nitrogen and oxygen atoms in total. The molecule has 0 spiro atoms. The number of nitrogens with one attached hydrogen (secondary N) is 1. The monoisotopic (exact) mass is 279 g/mol. The largest absolute Gasteiger partial charge is 0.349 e. The minimum Gasteiger partial charge on any atom is -0.349 e. The molecule has 1 amide bonds. The molecule has 1 aliphatic carbocycles. The Kier molecular flexibility index (Phi) is 4.05. The molecule has 0 saturated heterocycles. The van der Waals surface area contributed by atoms with Crippen LogP contribution in [0.25, 0.3) is 0 Å². The van der Waals surface area contributed by atoms with Gasteiger partial charge < -0.3 is 5.32 Å². The first kappa shape index (κ1) is 13.9. The van der Waals surface area contributed by atoms with Crippen LogP contribution < -0.4 is 5.32 Å². The van der Waals surface area contributed by atoms with E-state index in [1.165, 1.54) is 36.0 Å². The molecular formula is C19H21NO. The van der Waals surface area contributed by atoms with Crippen LogP contribution in [-0.4, -0.2) is 5.91 Å². The van der Waals surface area contributed by atoms with Crippen molar-refractivity contribution in [3.05, 3.63) is 70.8 Å². The summed E-state index contributed by atoms with van der Waals surface area (Å²) in [6.07, 6.45) is 4.07. The van der Waals surface area contributed by atoms with Crippen LogP contribution in [-0.2, 0) is 24.1 Å². The molecule has 0 aromatic heterocycles. The van der Waals surface area contributed by atoms with Gasteiger partial charge in [-0.1, -0.05) is 48.5 Å². The van der Waals surface area contributed by atoms with Gasteiger partial charge in [-0.2, -0.15) is 0 Å². The highest BCUT2D eigenvalue weighted by molar-refractivity contribution is 5.79. The lowest BCUT2D eigenvalue weighted by atomic mass is 10.0. The van der Waals surface area contributed by atoms with Crippen molar-refractivity contribution in [2.75, 3.05) is 0 Å². The molecule has 0 heterocycles. The second-order valence-electron chi connectivity index (χ2n) is 5.83. The molecule has 1 atom stereocenters. The molecule has 1 N–H and O–H groups in total. The van der Waals surface area contributed by atoms with E-state index in [2.05, 4.69) is 30.4 Å². The van der Waals surface area contributed by atoms with Gasteiger partial charge in [-0.05, 0) is 48.4 Å². The van der Waals surface area contributed by atoms with Crippen LogP contribution in [0.3, 0.4) is 0 Å². The van der Waals surface area contributed by atoms with E-state index < -0.39 is 0 Å². The first-order valence-electron chi connectivity index (χ1n) is 7.67. The zero-order valence-electron chi connectivity index (χ0n) is 12.4. The molecule has 2 aromatic carbocycles. The van der Waals surface area contributed by atoms with Crippen LogP contribution in [0.2, 0.25) is 0 Å². The second kappa shape index (κ2) is 6.13. The summed E-state index contributed by atoms with van der Waals surface area (Å²) in [7, 11) is 0. The number of hydrogen-bond donors (Lipinski definition) is 1. The van der Waals surface area contributed by atoms with Gasteiger partial charge in [-0.15, -0.1) is 0 Å². The summed E-state index contributed by atoms with van der Waals surface area (Å²) in [5.41, 5.74) is 5.19. The summed E-state index contributed by atoms with van der Waals surface area (Å²) >= 11 is 0. The number of carbonyl (C=O) groups is 1. The van der Waals surface area contributed by atoms with E-state index in [0.717, 1.165) is 5.56 Å². The van der Waals surface area contributed by atoms with E-state index in [1.807, 2.05) is 30.3 Å². The number of benzene rings is 2. The Hall–Kier alpha value is -2.09. The molecule has 0 aliphatic heterocycles. The maximum absolute atomic E-state index is 12.1. The van der Waals surface area contributed by atoms with Gasteiger partial charge in [0, 0.05) is 0 Å². The van der Waals surface area contributed by atoms with Crippen LogP contribution in [0, 0.1) is 0 Å². The lowest BCUT2D eigenvalue weighted by molar-refractivity contribution is -0.121. The molecule has 0 fully saturated rings. The predicted octanol–water partition coefficient (Wildman–Crippen LogP) is 3.60. The minimum atomic E-state index is 0.0621. The zero-order valence-corrected chi connectivity index (χ0v) is 12.4. The van der Waals surface area contributed by atoms with Crippen LogP contribution in [0.1, 0.15) is 41.6 Å². The number of fused-ring (bicyclic) bond motifs is 1. The van der Waals surface area contributed by atoms with E-state index in [-0.39, 0.29) is 11.9 Å². The van der Waals surface area contributed by atoms with Crippen molar-refractivity contribution in [1.82, 2.24) is 5.32 Å². The number of hydrogen-bond acceptors (Lipinski definition) is 1. The third-order valence-corrected chi connectivity index (χ3v) is 4.21. The van der Waals surface area contributed by atoms with Gasteiger partial charge in [0.05, 0.1) is 12.5 Å². The molecule has 2 heteroatoms. The van der Waals surface area contributed by atoms with Crippen LogP contribution >= 0.6 is 0 Å². The molecule has 1 aliphatic rings. The summed E-state index contributed by atoms with van der Waals surface area (Å²) < 4.78 is 0. The summed E-state index contributed by atoms with van der Waals surface area (Å²) in [4.78, 5) is 12.1. The smallest absolute Gasteiger partial charge is 0.224 e. The Labute approximate surface area is 126 Å². The Morgan fingerprint density at radius 3 is 2.67 bits per heavy atom. The van der Waals surface area contributed by atoms with Gasteiger partial charge in [0.25, 0.3) is 0 Å². The first-order chi connectivity index (χ1) is 10.2. The van der Waals surface area contributed by atoms with Gasteiger partial charge in [0.1, 0.15) is 0 Å². The third kappa shape index (κ3) is 3.33. The molecule has 3 rings (SSSR count). The Morgan fingerprint density at radius 1 is 1.10 bits per heavy atom. The van der Waals surface area contributed by atoms with Gasteiger partial charge in [0.2, 0.25) is 5.91 Å². The molecule has 108 valence electrons. The van der Waals surface area contributed by atoms with E-state index in [9.17, 15) is 4.79 Å². The number of amides is 1. The minimum absolute atomic E-state index is 0.0621. The van der Waals surface area contributed by atoms with Crippen molar-refractivity contribution in [3.8, 4) is 0 Å². The van der Waals surface area contributed by atoms with Crippen molar-refractivity contribution >= 4 is 5.91 Å². The lowest BCUT2D eigenvalue weighted by Gasteiger charge is -2.15. The Balaban J connectivity index is 1.63. The molecule has 0 bridgehead atoms. The predicted molar refractivity (Wildman–Crippen MR) is 85.2 cm³/mol. The number of rotatable bonds is 4. The highest BCUT2D eigenvalue weighted by Gasteiger charge is 2.15. The van der Waals surface area contributed by atoms with Crippen molar-refractivity contribution in [1.29, 1.82) is 0 Å². The van der Waals surface area contributed by atoms with Crippen LogP contribution in [0.5, 0.6) is 0 Å². The van der Waals surface area contributed by atoms with Crippen LogP contribution in [0.15, 0.2) is 48.5 Å². The summed E-state index contributed by atoms with van der Waals surface area (Å²) in [5, 5.41) is 3.10. The molecular weight excluding hydrogens is 258 g/mol. The second-order valence-corrected chi connectivity index (χ2v) is 5.83. The fourth-order valence-electron chi connectivity index (χ4n) is 3.02. The van der Waals surface area contributed by atoms with Crippen molar-refractivity contribution in [2.24, 2.45) is 0 Å². The fourth-order valence-corrected chi connectivity index (χ4v) is 3.02. The summed E-state index contributed by atoms with van der Waals surface area (Å²) in [6, 6.07) is 16.6. The topological polar surface area (TPSA) is 29.1 Å². The van der Waals surface area contributed by atoms with E-state index in [0.29, 0.717) is 6.42 Å². The average Bonchev–Trinajstić information content (AvgIpc) is 2.95. The SMILES string of the molecule is CC(NC(=O)Cc1ccccc1)c1ccc2c(c1)CCC2. The first-order valence-corrected chi connectivity index (χ1v) is 7.67. The number of carbonyl (C=O) groups excluding carboxylic acids is 1. The van der Waals surface area contributed by atoms with E-state index in [1.54, 1.807) is 0 Å².